The molecule has 2 amide bonds. The highest BCUT2D eigenvalue weighted by molar-refractivity contribution is 7.99. The van der Waals surface area contributed by atoms with Gasteiger partial charge in [-0.2, -0.15) is 11.8 Å². The van der Waals surface area contributed by atoms with Gasteiger partial charge in [-0.15, -0.1) is 0 Å². The highest BCUT2D eigenvalue weighted by atomic mass is 32.2. The van der Waals surface area contributed by atoms with Crippen molar-refractivity contribution in [2.45, 2.75) is 32.2 Å². The van der Waals surface area contributed by atoms with E-state index in [1.54, 1.807) is 0 Å². The van der Waals surface area contributed by atoms with Crippen LogP contribution in [0.3, 0.4) is 0 Å². The molecule has 2 atom stereocenters. The second kappa shape index (κ2) is 7.57. The van der Waals surface area contributed by atoms with Crippen LogP contribution in [0.15, 0.2) is 18.2 Å². The third kappa shape index (κ3) is 3.92. The van der Waals surface area contributed by atoms with E-state index in [1.807, 2.05) is 41.8 Å². The third-order valence-corrected chi connectivity index (χ3v) is 5.82. The van der Waals surface area contributed by atoms with Crippen molar-refractivity contribution in [1.29, 1.82) is 0 Å². The molecule has 24 heavy (non-hydrogen) atoms. The lowest BCUT2D eigenvalue weighted by Gasteiger charge is -2.26. The Morgan fingerprint density at radius 2 is 2.00 bits per heavy atom. The molecule has 5 nitrogen and oxygen atoms in total. The molecular formula is C18H25N3O2S. The van der Waals surface area contributed by atoms with Crippen LogP contribution in [-0.4, -0.2) is 47.4 Å². The molecule has 2 aliphatic rings. The van der Waals surface area contributed by atoms with Gasteiger partial charge in [-0.05, 0) is 49.9 Å². The van der Waals surface area contributed by atoms with Crippen molar-refractivity contribution in [3.05, 3.63) is 29.3 Å². The Kier molecular flexibility index (Phi) is 5.46. The van der Waals surface area contributed by atoms with Crippen molar-refractivity contribution in [3.8, 4) is 0 Å². The molecule has 0 spiro atoms. The van der Waals surface area contributed by atoms with E-state index in [-0.39, 0.29) is 23.8 Å². The number of carbonyl (C=O) groups excluding carboxylic acids is 2. The molecule has 6 heteroatoms. The minimum absolute atomic E-state index is 0.00607. The molecule has 3 rings (SSSR count). The van der Waals surface area contributed by atoms with Crippen LogP contribution in [0.1, 0.15) is 35.2 Å². The average Bonchev–Trinajstić information content (AvgIpc) is 3.03. The Balaban J connectivity index is 1.66. The fraction of sp³-hybridized carbons (Fsp3) is 0.556. The molecule has 1 saturated heterocycles. The van der Waals surface area contributed by atoms with Gasteiger partial charge in [0.25, 0.3) is 5.91 Å². The van der Waals surface area contributed by atoms with Gasteiger partial charge < -0.3 is 16.0 Å². The summed E-state index contributed by atoms with van der Waals surface area (Å²) in [6.45, 7) is 3.55. The lowest BCUT2D eigenvalue weighted by Crippen LogP contribution is -2.37. The number of carbonyl (C=O) groups is 2. The van der Waals surface area contributed by atoms with Gasteiger partial charge in [0.05, 0.1) is 0 Å². The number of nitrogens with one attached hydrogen (secondary N) is 1. The summed E-state index contributed by atoms with van der Waals surface area (Å²) in [6.07, 6.45) is 2.53. The summed E-state index contributed by atoms with van der Waals surface area (Å²) >= 11 is 1.89. The number of aryl methyl sites for hydroxylation is 1. The topological polar surface area (TPSA) is 75.4 Å². The van der Waals surface area contributed by atoms with Crippen LogP contribution in [0, 0.1) is 12.8 Å². The van der Waals surface area contributed by atoms with Gasteiger partial charge in [0.1, 0.15) is 0 Å². The number of anilines is 1. The van der Waals surface area contributed by atoms with Gasteiger partial charge in [-0.25, -0.2) is 0 Å². The Hall–Kier alpha value is -1.53. The fourth-order valence-electron chi connectivity index (χ4n) is 3.38. The predicted molar refractivity (Wildman–Crippen MR) is 98.4 cm³/mol. The SMILES string of the molecule is Cc1cc(C(=O)N2CCSCC2)ccc1NC(=O)C1CCC(N)C1. The number of hydrogen-bond acceptors (Lipinski definition) is 4. The molecule has 3 N–H and O–H groups in total. The number of hydrogen-bond donors (Lipinski definition) is 2. The lowest BCUT2D eigenvalue weighted by molar-refractivity contribution is -0.119. The first kappa shape index (κ1) is 17.3. The summed E-state index contributed by atoms with van der Waals surface area (Å²) < 4.78 is 0. The van der Waals surface area contributed by atoms with Crippen LogP contribution in [0.4, 0.5) is 5.69 Å². The number of benzene rings is 1. The van der Waals surface area contributed by atoms with Crippen LogP contribution >= 0.6 is 11.8 Å². The van der Waals surface area contributed by atoms with Crippen molar-refractivity contribution in [3.63, 3.8) is 0 Å². The maximum absolute atomic E-state index is 12.5. The molecular weight excluding hydrogens is 322 g/mol. The van der Waals surface area contributed by atoms with Crippen LogP contribution < -0.4 is 11.1 Å². The second-order valence-corrected chi connectivity index (χ2v) is 7.92. The Bertz CT molecular complexity index is 629. The standard InChI is InChI=1S/C18H25N3O2S/c1-12-10-14(18(23)21-6-8-24-9-7-21)3-5-16(12)20-17(22)13-2-4-15(19)11-13/h3,5,10,13,15H,2,4,6-9,11,19H2,1H3,(H,20,22). The third-order valence-electron chi connectivity index (χ3n) is 4.87. The smallest absolute Gasteiger partial charge is 0.253 e. The van der Waals surface area contributed by atoms with Crippen molar-refractivity contribution in [2.75, 3.05) is 29.9 Å². The Labute approximate surface area is 147 Å². The zero-order valence-electron chi connectivity index (χ0n) is 14.1. The Morgan fingerprint density at radius 3 is 2.62 bits per heavy atom. The first-order valence-corrected chi connectivity index (χ1v) is 9.74. The molecule has 1 aromatic rings. The molecule has 0 radical (unpaired) electrons. The van der Waals surface area contributed by atoms with E-state index >= 15 is 0 Å². The van der Waals surface area contributed by atoms with E-state index in [9.17, 15) is 9.59 Å². The number of rotatable bonds is 3. The van der Waals surface area contributed by atoms with Crippen molar-refractivity contribution >= 4 is 29.3 Å². The van der Waals surface area contributed by atoms with Gasteiger partial charge in [0.15, 0.2) is 0 Å². The van der Waals surface area contributed by atoms with E-state index in [0.717, 1.165) is 55.1 Å². The molecule has 0 bridgehead atoms. The number of thioether (sulfide) groups is 1. The molecule has 0 aromatic heterocycles. The molecule has 1 saturated carbocycles. The average molecular weight is 347 g/mol. The summed E-state index contributed by atoms with van der Waals surface area (Å²) in [6, 6.07) is 5.67. The lowest BCUT2D eigenvalue weighted by atomic mass is 10.1. The normalized spacial score (nSPS) is 24.0. The summed E-state index contributed by atoms with van der Waals surface area (Å²) in [5, 5.41) is 3.00. The zero-order chi connectivity index (χ0) is 17.1. The quantitative estimate of drug-likeness (QED) is 0.879. The van der Waals surface area contributed by atoms with Gasteiger partial charge in [-0.3, -0.25) is 9.59 Å². The van der Waals surface area contributed by atoms with Crippen LogP contribution in [-0.2, 0) is 4.79 Å². The predicted octanol–water partition coefficient (Wildman–Crippen LogP) is 2.25. The van der Waals surface area contributed by atoms with Crippen molar-refractivity contribution in [2.24, 2.45) is 11.7 Å². The largest absolute Gasteiger partial charge is 0.337 e. The van der Waals surface area contributed by atoms with E-state index in [4.69, 9.17) is 5.73 Å². The number of nitrogens with two attached hydrogens (primary N) is 1. The van der Waals surface area contributed by atoms with Gasteiger partial charge in [0, 0.05) is 47.8 Å². The minimum atomic E-state index is 0.00607. The second-order valence-electron chi connectivity index (χ2n) is 6.69. The Morgan fingerprint density at radius 1 is 1.25 bits per heavy atom. The molecule has 1 heterocycles. The van der Waals surface area contributed by atoms with Crippen molar-refractivity contribution in [1.82, 2.24) is 4.90 Å². The van der Waals surface area contributed by atoms with Gasteiger partial charge >= 0.3 is 0 Å². The van der Waals surface area contributed by atoms with Crippen molar-refractivity contribution < 1.29 is 9.59 Å². The van der Waals surface area contributed by atoms with Gasteiger partial charge in [-0.1, -0.05) is 0 Å². The molecule has 130 valence electrons. The van der Waals surface area contributed by atoms with E-state index in [1.165, 1.54) is 0 Å². The monoisotopic (exact) mass is 347 g/mol. The number of nitrogens with zero attached hydrogens (tertiary/aromatic N) is 1. The van der Waals surface area contributed by atoms with E-state index in [0.29, 0.717) is 5.56 Å². The highest BCUT2D eigenvalue weighted by Gasteiger charge is 2.28. The van der Waals surface area contributed by atoms with E-state index in [2.05, 4.69) is 5.32 Å². The summed E-state index contributed by atoms with van der Waals surface area (Å²) in [5.74, 6) is 2.13. The summed E-state index contributed by atoms with van der Waals surface area (Å²) in [4.78, 5) is 26.8. The minimum Gasteiger partial charge on any atom is -0.337 e. The molecule has 1 aromatic carbocycles. The summed E-state index contributed by atoms with van der Waals surface area (Å²) in [7, 11) is 0. The molecule has 1 aliphatic heterocycles. The summed E-state index contributed by atoms with van der Waals surface area (Å²) in [5.41, 5.74) is 8.28. The molecule has 2 unspecified atom stereocenters. The number of amides is 2. The molecule has 2 fully saturated rings. The maximum Gasteiger partial charge on any atom is 0.253 e. The first-order valence-electron chi connectivity index (χ1n) is 8.58. The first-order chi connectivity index (χ1) is 11.5. The maximum atomic E-state index is 12.5. The van der Waals surface area contributed by atoms with Crippen LogP contribution in [0.25, 0.3) is 0 Å². The van der Waals surface area contributed by atoms with E-state index < -0.39 is 0 Å². The highest BCUT2D eigenvalue weighted by Crippen LogP contribution is 2.26. The zero-order valence-corrected chi connectivity index (χ0v) is 14.9. The van der Waals surface area contributed by atoms with Crippen LogP contribution in [0.5, 0.6) is 0 Å². The fourth-order valence-corrected chi connectivity index (χ4v) is 4.28. The molecule has 1 aliphatic carbocycles. The van der Waals surface area contributed by atoms with Crippen LogP contribution in [0.2, 0.25) is 0 Å². The van der Waals surface area contributed by atoms with Gasteiger partial charge in [0.2, 0.25) is 5.91 Å².